The molecule has 2 rings (SSSR count). The highest BCUT2D eigenvalue weighted by Gasteiger charge is 2.25. The molecule has 0 aromatic heterocycles. The lowest BCUT2D eigenvalue weighted by molar-refractivity contribution is -0.898. The smallest absolute Gasteiger partial charge is 0.102 e. The van der Waals surface area contributed by atoms with Gasteiger partial charge in [0.25, 0.3) is 0 Å². The Balaban J connectivity index is 1.61. The monoisotopic (exact) mass is 279 g/mol. The minimum absolute atomic E-state index is 0.689. The molecule has 0 amide bonds. The second-order valence-electron chi connectivity index (χ2n) is 5.88. The van der Waals surface area contributed by atoms with Crippen LogP contribution in [-0.4, -0.2) is 50.9 Å². The van der Waals surface area contributed by atoms with E-state index >= 15 is 0 Å². The lowest BCUT2D eigenvalue weighted by Gasteiger charge is -2.28. The van der Waals surface area contributed by atoms with Crippen molar-refractivity contribution < 1.29 is 9.22 Å². The number of likely N-dealkylation sites (N-methyl/N-ethyl adjacent to an activating group) is 1. The van der Waals surface area contributed by atoms with Gasteiger partial charge in [0.2, 0.25) is 0 Å². The fourth-order valence-corrected chi connectivity index (χ4v) is 2.69. The summed E-state index contributed by atoms with van der Waals surface area (Å²) in [6, 6.07) is 5.47. The van der Waals surface area contributed by atoms with Gasteiger partial charge in [0.1, 0.15) is 6.54 Å². The third-order valence-corrected chi connectivity index (χ3v) is 4.06. The van der Waals surface area contributed by atoms with Crippen LogP contribution in [0.25, 0.3) is 0 Å². The molecule has 1 fully saturated rings. The molecule has 1 aliphatic heterocycles. The largest absolute Gasteiger partial charge is 0.399 e. The zero-order chi connectivity index (χ0) is 14.4. The summed E-state index contributed by atoms with van der Waals surface area (Å²) in [7, 11) is 2.32. The van der Waals surface area contributed by atoms with Crippen molar-refractivity contribution in [3.05, 3.63) is 18.2 Å². The Bertz CT molecular complexity index is 430. The van der Waals surface area contributed by atoms with E-state index in [0.29, 0.717) is 18.0 Å². The molecule has 0 aliphatic carbocycles. The van der Waals surface area contributed by atoms with Gasteiger partial charge >= 0.3 is 0 Å². The fourth-order valence-electron chi connectivity index (χ4n) is 2.69. The van der Waals surface area contributed by atoms with E-state index in [9.17, 15) is 0 Å². The van der Waals surface area contributed by atoms with E-state index in [-0.39, 0.29) is 0 Å². The van der Waals surface area contributed by atoms with Gasteiger partial charge in [-0.1, -0.05) is 0 Å². The van der Waals surface area contributed by atoms with Crippen LogP contribution in [-0.2, 0) is 4.74 Å². The number of benzene rings is 1. The van der Waals surface area contributed by atoms with Crippen molar-refractivity contribution >= 4 is 17.1 Å². The molecule has 5 N–H and O–H groups in total. The number of hydrogen-bond donors (Lipinski definition) is 3. The predicted molar refractivity (Wildman–Crippen MR) is 84.6 cm³/mol. The Morgan fingerprint density at radius 1 is 1.20 bits per heavy atom. The lowest BCUT2D eigenvalue weighted by Crippen LogP contribution is -2.43. The summed E-state index contributed by atoms with van der Waals surface area (Å²) in [4.78, 5) is 0. The minimum atomic E-state index is 0.689. The van der Waals surface area contributed by atoms with E-state index in [1.54, 1.807) is 6.07 Å². The SMILES string of the molecule is C[N+]1(CCOCCNc2cc(N)ccc2N)CCCC1. The summed E-state index contributed by atoms with van der Waals surface area (Å²) in [6.45, 7) is 5.96. The number of nitrogens with two attached hydrogens (primary N) is 2. The van der Waals surface area contributed by atoms with Crippen LogP contribution < -0.4 is 16.8 Å². The number of anilines is 3. The van der Waals surface area contributed by atoms with Gasteiger partial charge < -0.3 is 26.0 Å². The first-order valence-corrected chi connectivity index (χ1v) is 7.39. The van der Waals surface area contributed by atoms with E-state index in [1.807, 2.05) is 12.1 Å². The molecule has 5 nitrogen and oxygen atoms in total. The molecule has 20 heavy (non-hydrogen) atoms. The van der Waals surface area contributed by atoms with E-state index in [0.717, 1.165) is 29.9 Å². The Morgan fingerprint density at radius 2 is 1.95 bits per heavy atom. The summed E-state index contributed by atoms with van der Waals surface area (Å²) in [5, 5.41) is 3.26. The molecule has 0 unspecified atom stereocenters. The summed E-state index contributed by atoms with van der Waals surface area (Å²) < 4.78 is 6.86. The topological polar surface area (TPSA) is 73.3 Å². The number of nitrogens with one attached hydrogen (secondary N) is 1. The van der Waals surface area contributed by atoms with Crippen LogP contribution in [0.5, 0.6) is 0 Å². The number of likely N-dealkylation sites (tertiary alicyclic amines) is 1. The molecule has 1 heterocycles. The second kappa shape index (κ2) is 6.81. The highest BCUT2D eigenvalue weighted by atomic mass is 16.5. The predicted octanol–water partition coefficient (Wildman–Crippen LogP) is 1.52. The van der Waals surface area contributed by atoms with E-state index in [4.69, 9.17) is 16.2 Å². The Kier molecular flexibility index (Phi) is 5.09. The summed E-state index contributed by atoms with van der Waals surface area (Å²) in [5.74, 6) is 0. The zero-order valence-corrected chi connectivity index (χ0v) is 12.4. The normalized spacial score (nSPS) is 17.2. The van der Waals surface area contributed by atoms with Gasteiger partial charge in [0.15, 0.2) is 0 Å². The highest BCUT2D eigenvalue weighted by Crippen LogP contribution is 2.20. The molecular formula is C15H27N4O+. The third-order valence-electron chi connectivity index (χ3n) is 4.06. The van der Waals surface area contributed by atoms with Gasteiger partial charge in [0, 0.05) is 25.1 Å². The number of quaternary nitrogens is 1. The number of rotatable bonds is 7. The minimum Gasteiger partial charge on any atom is -0.399 e. The zero-order valence-electron chi connectivity index (χ0n) is 12.4. The van der Waals surface area contributed by atoms with Crippen LogP contribution in [0.3, 0.4) is 0 Å². The number of nitrogens with zero attached hydrogens (tertiary/aromatic N) is 1. The van der Waals surface area contributed by atoms with Gasteiger partial charge in [-0.15, -0.1) is 0 Å². The van der Waals surface area contributed by atoms with Gasteiger partial charge in [-0.05, 0) is 18.2 Å². The standard InChI is InChI=1S/C15H27N4O/c1-19(7-2-3-8-19)9-11-20-10-6-18-15-12-13(16)4-5-14(15)17/h4-5,12,18H,2-3,6-11,16-17H2,1H3/q+1. The van der Waals surface area contributed by atoms with Crippen LogP contribution >= 0.6 is 0 Å². The van der Waals surface area contributed by atoms with Crippen molar-refractivity contribution in [3.8, 4) is 0 Å². The molecule has 1 aromatic carbocycles. The van der Waals surface area contributed by atoms with E-state index in [1.165, 1.54) is 25.9 Å². The molecule has 0 saturated carbocycles. The molecule has 0 radical (unpaired) electrons. The van der Waals surface area contributed by atoms with Crippen molar-refractivity contribution in [3.63, 3.8) is 0 Å². The molecule has 5 heteroatoms. The quantitative estimate of drug-likeness (QED) is 0.402. The molecule has 1 aromatic rings. The first kappa shape index (κ1) is 14.9. The maximum atomic E-state index is 5.87. The average Bonchev–Trinajstić information content (AvgIpc) is 2.85. The Morgan fingerprint density at radius 3 is 2.70 bits per heavy atom. The van der Waals surface area contributed by atoms with E-state index < -0.39 is 0 Å². The molecule has 112 valence electrons. The van der Waals surface area contributed by atoms with Crippen molar-refractivity contribution in [2.24, 2.45) is 0 Å². The molecule has 1 saturated heterocycles. The van der Waals surface area contributed by atoms with Crippen molar-refractivity contribution in [1.82, 2.24) is 0 Å². The molecular weight excluding hydrogens is 252 g/mol. The molecule has 1 aliphatic rings. The maximum Gasteiger partial charge on any atom is 0.102 e. The summed E-state index contributed by atoms with van der Waals surface area (Å²) in [6.07, 6.45) is 2.71. The van der Waals surface area contributed by atoms with Crippen molar-refractivity contribution in [2.75, 3.05) is 63.2 Å². The van der Waals surface area contributed by atoms with Crippen LogP contribution in [0.2, 0.25) is 0 Å². The average molecular weight is 279 g/mol. The van der Waals surface area contributed by atoms with Gasteiger partial charge in [-0.25, -0.2) is 0 Å². The molecule has 0 atom stereocenters. The molecule has 0 bridgehead atoms. The van der Waals surface area contributed by atoms with Gasteiger partial charge in [0.05, 0.1) is 44.7 Å². The molecule has 0 spiro atoms. The van der Waals surface area contributed by atoms with Crippen LogP contribution in [0.4, 0.5) is 17.1 Å². The fraction of sp³-hybridized carbons (Fsp3) is 0.600. The number of ether oxygens (including phenoxy) is 1. The van der Waals surface area contributed by atoms with Gasteiger partial charge in [-0.3, -0.25) is 0 Å². The Hall–Kier alpha value is -1.46. The highest BCUT2D eigenvalue weighted by molar-refractivity contribution is 5.70. The summed E-state index contributed by atoms with van der Waals surface area (Å²) in [5.41, 5.74) is 13.9. The number of nitrogen functional groups attached to an aromatic ring is 2. The maximum absolute atomic E-state index is 5.87. The first-order valence-electron chi connectivity index (χ1n) is 7.39. The summed E-state index contributed by atoms with van der Waals surface area (Å²) >= 11 is 0. The second-order valence-corrected chi connectivity index (χ2v) is 5.88. The Labute approximate surface area is 121 Å². The first-order chi connectivity index (χ1) is 9.59. The number of hydrogen-bond acceptors (Lipinski definition) is 4. The van der Waals surface area contributed by atoms with Crippen LogP contribution in [0.15, 0.2) is 18.2 Å². The van der Waals surface area contributed by atoms with E-state index in [2.05, 4.69) is 12.4 Å². The van der Waals surface area contributed by atoms with Crippen LogP contribution in [0, 0.1) is 0 Å². The van der Waals surface area contributed by atoms with Crippen LogP contribution in [0.1, 0.15) is 12.8 Å². The third kappa shape index (κ3) is 4.28. The lowest BCUT2D eigenvalue weighted by atomic mass is 10.2. The van der Waals surface area contributed by atoms with Crippen molar-refractivity contribution in [1.29, 1.82) is 0 Å². The van der Waals surface area contributed by atoms with Crippen molar-refractivity contribution in [2.45, 2.75) is 12.8 Å². The van der Waals surface area contributed by atoms with Gasteiger partial charge in [-0.2, -0.15) is 0 Å².